The number of furan rings is 1. The highest BCUT2D eigenvalue weighted by Gasteiger charge is 2.21. The second-order valence-electron chi connectivity index (χ2n) is 6.63. The number of para-hydroxylation sites is 1. The van der Waals surface area contributed by atoms with E-state index in [1.54, 1.807) is 42.7 Å². The summed E-state index contributed by atoms with van der Waals surface area (Å²) in [6.45, 7) is 4.11. The summed E-state index contributed by atoms with van der Waals surface area (Å²) in [4.78, 5) is 25.3. The minimum Gasteiger partial charge on any atom is -0.481 e. The van der Waals surface area contributed by atoms with Gasteiger partial charge in [0, 0.05) is 0 Å². The largest absolute Gasteiger partial charge is 0.481 e. The second-order valence-corrected chi connectivity index (χ2v) is 6.63. The summed E-state index contributed by atoms with van der Waals surface area (Å²) in [5.41, 5.74) is 1.86. The molecule has 0 spiro atoms. The minimum atomic E-state index is -0.670. The number of carbonyl (C=O) groups is 2. The lowest BCUT2D eigenvalue weighted by molar-refractivity contribution is -0.122. The third-order valence-corrected chi connectivity index (χ3v) is 4.36. The van der Waals surface area contributed by atoms with E-state index in [0.717, 1.165) is 5.56 Å². The first-order valence-electron chi connectivity index (χ1n) is 9.50. The van der Waals surface area contributed by atoms with Gasteiger partial charge in [0.25, 0.3) is 11.8 Å². The quantitative estimate of drug-likeness (QED) is 0.598. The molecule has 6 heteroatoms. The summed E-state index contributed by atoms with van der Waals surface area (Å²) in [7, 11) is 0. The second kappa shape index (κ2) is 9.59. The Kier molecular flexibility index (Phi) is 6.68. The first-order valence-corrected chi connectivity index (χ1v) is 9.50. The number of benzene rings is 2. The minimum absolute atomic E-state index is 0.266. The Morgan fingerprint density at radius 1 is 1.07 bits per heavy atom. The van der Waals surface area contributed by atoms with Gasteiger partial charge in [-0.1, -0.05) is 31.2 Å². The number of carbonyl (C=O) groups excluding carboxylic acids is 2. The van der Waals surface area contributed by atoms with Gasteiger partial charge in [-0.2, -0.15) is 0 Å². The fourth-order valence-electron chi connectivity index (χ4n) is 2.85. The van der Waals surface area contributed by atoms with Gasteiger partial charge in [-0.25, -0.2) is 0 Å². The van der Waals surface area contributed by atoms with Crippen LogP contribution in [0.3, 0.4) is 0 Å². The van der Waals surface area contributed by atoms with Crippen molar-refractivity contribution >= 4 is 17.5 Å². The molecule has 3 rings (SSSR count). The molecule has 6 nitrogen and oxygen atoms in total. The molecule has 2 aromatic carbocycles. The molecule has 0 radical (unpaired) electrons. The number of ether oxygens (including phenoxy) is 1. The van der Waals surface area contributed by atoms with Crippen LogP contribution in [0.4, 0.5) is 5.69 Å². The summed E-state index contributed by atoms with van der Waals surface area (Å²) >= 11 is 0. The van der Waals surface area contributed by atoms with Crippen molar-refractivity contribution in [1.29, 1.82) is 0 Å². The van der Waals surface area contributed by atoms with E-state index in [2.05, 4.69) is 10.6 Å². The first kappa shape index (κ1) is 20.2. The average molecular weight is 392 g/mol. The maximum atomic E-state index is 12.8. The molecule has 1 atom stereocenters. The Morgan fingerprint density at radius 2 is 1.90 bits per heavy atom. The average Bonchev–Trinajstić information content (AvgIpc) is 3.24. The lowest BCUT2D eigenvalue weighted by Gasteiger charge is -2.18. The molecule has 150 valence electrons. The van der Waals surface area contributed by atoms with Crippen LogP contribution in [0.25, 0.3) is 0 Å². The molecular weight excluding hydrogens is 368 g/mol. The smallest absolute Gasteiger partial charge is 0.265 e. The number of anilines is 1. The zero-order chi connectivity index (χ0) is 20.6. The van der Waals surface area contributed by atoms with Gasteiger partial charge in [-0.3, -0.25) is 9.59 Å². The SMILES string of the molecule is CC[C@@H](Oc1cccc(C)c1)C(=O)Nc1ccccc1C(=O)NCc1ccco1. The van der Waals surface area contributed by atoms with E-state index in [4.69, 9.17) is 9.15 Å². The Balaban J connectivity index is 1.68. The fourth-order valence-corrected chi connectivity index (χ4v) is 2.85. The van der Waals surface area contributed by atoms with E-state index in [0.29, 0.717) is 29.2 Å². The van der Waals surface area contributed by atoms with Crippen molar-refractivity contribution in [3.8, 4) is 5.75 Å². The van der Waals surface area contributed by atoms with E-state index >= 15 is 0 Å². The lowest BCUT2D eigenvalue weighted by Crippen LogP contribution is -2.33. The highest BCUT2D eigenvalue weighted by atomic mass is 16.5. The Morgan fingerprint density at radius 3 is 2.62 bits per heavy atom. The molecule has 2 N–H and O–H groups in total. The fraction of sp³-hybridized carbons (Fsp3) is 0.217. The van der Waals surface area contributed by atoms with Crippen LogP contribution in [-0.4, -0.2) is 17.9 Å². The van der Waals surface area contributed by atoms with Crippen LogP contribution in [0.1, 0.15) is 35.0 Å². The van der Waals surface area contributed by atoms with Gasteiger partial charge < -0.3 is 19.8 Å². The van der Waals surface area contributed by atoms with Crippen molar-refractivity contribution in [2.75, 3.05) is 5.32 Å². The Bertz CT molecular complexity index is 967. The van der Waals surface area contributed by atoms with Crippen LogP contribution in [0, 0.1) is 6.92 Å². The third kappa shape index (κ3) is 5.48. The number of hydrogen-bond donors (Lipinski definition) is 2. The number of nitrogens with one attached hydrogen (secondary N) is 2. The van der Waals surface area contributed by atoms with Crippen molar-refractivity contribution in [1.82, 2.24) is 5.32 Å². The molecule has 0 aliphatic heterocycles. The van der Waals surface area contributed by atoms with E-state index in [1.807, 2.05) is 38.1 Å². The van der Waals surface area contributed by atoms with Gasteiger partial charge >= 0.3 is 0 Å². The molecule has 1 heterocycles. The van der Waals surface area contributed by atoms with Crippen molar-refractivity contribution in [3.05, 3.63) is 83.8 Å². The lowest BCUT2D eigenvalue weighted by atomic mass is 10.1. The normalized spacial score (nSPS) is 11.5. The van der Waals surface area contributed by atoms with Crippen molar-refractivity contribution in [2.45, 2.75) is 32.9 Å². The van der Waals surface area contributed by atoms with Gasteiger partial charge in [-0.15, -0.1) is 0 Å². The van der Waals surface area contributed by atoms with Gasteiger partial charge in [0.05, 0.1) is 24.1 Å². The summed E-state index contributed by atoms with van der Waals surface area (Å²) in [5, 5.41) is 5.61. The van der Waals surface area contributed by atoms with E-state index in [1.165, 1.54) is 0 Å². The molecule has 1 aromatic heterocycles. The first-order chi connectivity index (χ1) is 14.1. The highest BCUT2D eigenvalue weighted by Crippen LogP contribution is 2.19. The van der Waals surface area contributed by atoms with Gasteiger partial charge in [0.1, 0.15) is 11.5 Å². The summed E-state index contributed by atoms with van der Waals surface area (Å²) < 4.78 is 11.1. The van der Waals surface area contributed by atoms with Crippen LogP contribution < -0.4 is 15.4 Å². The standard InChI is InChI=1S/C23H24N2O4/c1-3-21(29-17-9-6-8-16(2)14-17)23(27)25-20-12-5-4-11-19(20)22(26)24-15-18-10-7-13-28-18/h4-14,21H,3,15H2,1-2H3,(H,24,26)(H,25,27)/t21-/m1/s1. The van der Waals surface area contributed by atoms with E-state index in [-0.39, 0.29) is 18.4 Å². The van der Waals surface area contributed by atoms with Crippen molar-refractivity contribution in [2.24, 2.45) is 0 Å². The predicted octanol–water partition coefficient (Wildman–Crippen LogP) is 4.31. The van der Waals surface area contributed by atoms with Gasteiger partial charge in [0.15, 0.2) is 6.10 Å². The third-order valence-electron chi connectivity index (χ3n) is 4.36. The molecule has 0 saturated heterocycles. The number of hydrogen-bond acceptors (Lipinski definition) is 4. The molecule has 3 aromatic rings. The van der Waals surface area contributed by atoms with Crippen LogP contribution >= 0.6 is 0 Å². The van der Waals surface area contributed by atoms with Crippen LogP contribution in [-0.2, 0) is 11.3 Å². The highest BCUT2D eigenvalue weighted by molar-refractivity contribution is 6.04. The monoisotopic (exact) mass is 392 g/mol. The molecule has 0 unspecified atom stereocenters. The predicted molar refractivity (Wildman–Crippen MR) is 111 cm³/mol. The van der Waals surface area contributed by atoms with Crippen LogP contribution in [0.15, 0.2) is 71.3 Å². The van der Waals surface area contributed by atoms with Crippen molar-refractivity contribution in [3.63, 3.8) is 0 Å². The molecule has 0 bridgehead atoms. The molecular formula is C23H24N2O4. The number of aryl methyl sites for hydroxylation is 1. The van der Waals surface area contributed by atoms with Crippen LogP contribution in [0.5, 0.6) is 5.75 Å². The molecule has 0 aliphatic rings. The zero-order valence-corrected chi connectivity index (χ0v) is 16.5. The van der Waals surface area contributed by atoms with Gasteiger partial charge in [0.2, 0.25) is 0 Å². The summed E-state index contributed by atoms with van der Waals surface area (Å²) in [6.07, 6.45) is 1.37. The van der Waals surface area contributed by atoms with E-state index in [9.17, 15) is 9.59 Å². The summed E-state index contributed by atoms with van der Waals surface area (Å²) in [6, 6.07) is 18.0. The Hall–Kier alpha value is -3.54. The topological polar surface area (TPSA) is 80.6 Å². The molecule has 29 heavy (non-hydrogen) atoms. The maximum Gasteiger partial charge on any atom is 0.265 e. The summed E-state index contributed by atoms with van der Waals surface area (Å²) in [5.74, 6) is 0.680. The van der Waals surface area contributed by atoms with Gasteiger partial charge in [-0.05, 0) is 55.3 Å². The Labute approximate surface area is 169 Å². The maximum absolute atomic E-state index is 12.8. The van der Waals surface area contributed by atoms with E-state index < -0.39 is 6.10 Å². The number of amides is 2. The van der Waals surface area contributed by atoms with Crippen molar-refractivity contribution < 1.29 is 18.7 Å². The molecule has 0 saturated carbocycles. The number of rotatable bonds is 8. The molecule has 0 aliphatic carbocycles. The molecule has 2 amide bonds. The van der Waals surface area contributed by atoms with Crippen LogP contribution in [0.2, 0.25) is 0 Å². The zero-order valence-electron chi connectivity index (χ0n) is 16.5. The molecule has 0 fully saturated rings.